The highest BCUT2D eigenvalue weighted by Gasteiger charge is 2.11. The molecule has 1 aromatic heterocycles. The quantitative estimate of drug-likeness (QED) is 0.831. The fourth-order valence-corrected chi connectivity index (χ4v) is 1.56. The molecule has 0 saturated carbocycles. The predicted octanol–water partition coefficient (Wildman–Crippen LogP) is 0.759. The van der Waals surface area contributed by atoms with Crippen molar-refractivity contribution in [2.45, 2.75) is 13.5 Å². The molecule has 0 spiro atoms. The third kappa shape index (κ3) is 3.35. The molecule has 2 aromatic rings. The van der Waals surface area contributed by atoms with Crippen LogP contribution in [0.15, 0.2) is 22.7 Å². The molecule has 1 amide bonds. The Bertz CT molecular complexity index is 597. The number of nitrogens with one attached hydrogen (secondary N) is 1. The molecular formula is C12H13FN4O2. The van der Waals surface area contributed by atoms with Crippen LogP contribution in [0.2, 0.25) is 0 Å². The zero-order chi connectivity index (χ0) is 13.8. The van der Waals surface area contributed by atoms with Gasteiger partial charge in [0.2, 0.25) is 17.6 Å². The molecule has 7 heteroatoms. The molecule has 6 nitrogen and oxygen atoms in total. The molecule has 0 unspecified atom stereocenters. The van der Waals surface area contributed by atoms with Crippen molar-refractivity contribution in [1.82, 2.24) is 15.5 Å². The lowest BCUT2D eigenvalue weighted by molar-refractivity contribution is -0.117. The number of nitrogens with two attached hydrogens (primary N) is 1. The van der Waals surface area contributed by atoms with E-state index in [2.05, 4.69) is 15.5 Å². The van der Waals surface area contributed by atoms with Gasteiger partial charge in [0.15, 0.2) is 0 Å². The van der Waals surface area contributed by atoms with E-state index in [0.29, 0.717) is 17.3 Å². The van der Waals surface area contributed by atoms with E-state index in [9.17, 15) is 9.18 Å². The van der Waals surface area contributed by atoms with Crippen LogP contribution in [0.4, 0.5) is 4.39 Å². The highest BCUT2D eigenvalue weighted by Crippen LogP contribution is 2.21. The van der Waals surface area contributed by atoms with Crippen molar-refractivity contribution < 1.29 is 13.7 Å². The maximum atomic E-state index is 13.2. The summed E-state index contributed by atoms with van der Waals surface area (Å²) in [6.45, 7) is 2.08. The van der Waals surface area contributed by atoms with Crippen LogP contribution in [0.1, 0.15) is 11.5 Å². The van der Waals surface area contributed by atoms with E-state index in [1.165, 1.54) is 12.1 Å². The summed E-state index contributed by atoms with van der Waals surface area (Å²) in [5.41, 5.74) is 6.40. The van der Waals surface area contributed by atoms with Crippen LogP contribution >= 0.6 is 0 Å². The molecule has 0 aliphatic rings. The second kappa shape index (κ2) is 5.57. The Morgan fingerprint density at radius 3 is 3.05 bits per heavy atom. The molecule has 0 atom stereocenters. The summed E-state index contributed by atoms with van der Waals surface area (Å²) in [4.78, 5) is 14.7. The minimum atomic E-state index is -0.472. The zero-order valence-corrected chi connectivity index (χ0v) is 10.3. The summed E-state index contributed by atoms with van der Waals surface area (Å²) >= 11 is 0. The number of benzene rings is 1. The SMILES string of the molecule is Cc1ccc(F)cc1-c1noc(CNCC(N)=O)n1. The normalized spacial score (nSPS) is 10.6. The molecule has 0 saturated heterocycles. The fraction of sp³-hybridized carbons (Fsp3) is 0.250. The number of aryl methyl sites for hydroxylation is 1. The Kier molecular flexibility index (Phi) is 3.86. The number of carbonyl (C=O) groups excluding carboxylic acids is 1. The molecular weight excluding hydrogens is 251 g/mol. The van der Waals surface area contributed by atoms with Crippen LogP contribution in [-0.4, -0.2) is 22.6 Å². The highest BCUT2D eigenvalue weighted by molar-refractivity contribution is 5.75. The molecule has 0 fully saturated rings. The van der Waals surface area contributed by atoms with E-state index in [1.807, 2.05) is 6.92 Å². The Morgan fingerprint density at radius 1 is 1.53 bits per heavy atom. The lowest BCUT2D eigenvalue weighted by Gasteiger charge is -1.99. The second-order valence-electron chi connectivity index (χ2n) is 4.04. The minimum Gasteiger partial charge on any atom is -0.369 e. The molecule has 0 aliphatic carbocycles. The topological polar surface area (TPSA) is 94.0 Å². The fourth-order valence-electron chi connectivity index (χ4n) is 1.56. The third-order valence-electron chi connectivity index (χ3n) is 2.48. The average Bonchev–Trinajstić information content (AvgIpc) is 2.80. The molecule has 19 heavy (non-hydrogen) atoms. The van der Waals surface area contributed by atoms with Crippen molar-refractivity contribution in [3.05, 3.63) is 35.5 Å². The van der Waals surface area contributed by atoms with Gasteiger partial charge in [-0.05, 0) is 24.6 Å². The summed E-state index contributed by atoms with van der Waals surface area (Å²) < 4.78 is 18.2. The molecule has 0 radical (unpaired) electrons. The standard InChI is InChI=1S/C12H13FN4O2/c1-7-2-3-8(13)4-9(7)12-16-11(19-17-12)6-15-5-10(14)18/h2-4,15H,5-6H2,1H3,(H2,14,18). The van der Waals surface area contributed by atoms with Crippen molar-refractivity contribution >= 4 is 5.91 Å². The minimum absolute atomic E-state index is 0.0245. The Morgan fingerprint density at radius 2 is 2.32 bits per heavy atom. The van der Waals surface area contributed by atoms with Crippen molar-refractivity contribution in [2.24, 2.45) is 5.73 Å². The van der Waals surface area contributed by atoms with Crippen LogP contribution in [0, 0.1) is 12.7 Å². The van der Waals surface area contributed by atoms with E-state index in [-0.39, 0.29) is 18.9 Å². The smallest absolute Gasteiger partial charge is 0.240 e. The summed E-state index contributed by atoms with van der Waals surface area (Å²) in [6.07, 6.45) is 0. The first kappa shape index (κ1) is 13.2. The van der Waals surface area contributed by atoms with Crippen LogP contribution in [0.25, 0.3) is 11.4 Å². The Labute approximate surface area is 108 Å². The van der Waals surface area contributed by atoms with Crippen LogP contribution in [0.5, 0.6) is 0 Å². The van der Waals surface area contributed by atoms with E-state index in [4.69, 9.17) is 10.3 Å². The number of carbonyl (C=O) groups is 1. The maximum Gasteiger partial charge on any atom is 0.240 e. The molecule has 0 aliphatic heterocycles. The van der Waals surface area contributed by atoms with Crippen LogP contribution in [-0.2, 0) is 11.3 Å². The number of halogens is 1. The van der Waals surface area contributed by atoms with E-state index >= 15 is 0 Å². The summed E-state index contributed by atoms with van der Waals surface area (Å²) in [6, 6.07) is 4.36. The van der Waals surface area contributed by atoms with Crippen molar-refractivity contribution in [3.8, 4) is 11.4 Å². The number of hydrogen-bond acceptors (Lipinski definition) is 5. The molecule has 100 valence electrons. The summed E-state index contributed by atoms with van der Waals surface area (Å²) in [5.74, 6) is -0.215. The Hall–Kier alpha value is -2.28. The van der Waals surface area contributed by atoms with E-state index in [1.54, 1.807) is 6.07 Å². The van der Waals surface area contributed by atoms with Gasteiger partial charge in [-0.25, -0.2) is 4.39 Å². The first-order chi connectivity index (χ1) is 9.06. The maximum absolute atomic E-state index is 13.2. The average molecular weight is 264 g/mol. The highest BCUT2D eigenvalue weighted by atomic mass is 19.1. The lowest BCUT2D eigenvalue weighted by atomic mass is 10.1. The van der Waals surface area contributed by atoms with Crippen molar-refractivity contribution in [1.29, 1.82) is 0 Å². The molecule has 3 N–H and O–H groups in total. The van der Waals surface area contributed by atoms with Crippen molar-refractivity contribution in [3.63, 3.8) is 0 Å². The van der Waals surface area contributed by atoms with Crippen LogP contribution in [0.3, 0.4) is 0 Å². The first-order valence-electron chi connectivity index (χ1n) is 5.64. The van der Waals surface area contributed by atoms with Gasteiger partial charge in [-0.1, -0.05) is 11.2 Å². The number of aromatic nitrogens is 2. The van der Waals surface area contributed by atoms with Crippen molar-refractivity contribution in [2.75, 3.05) is 6.54 Å². The zero-order valence-electron chi connectivity index (χ0n) is 10.3. The lowest BCUT2D eigenvalue weighted by Crippen LogP contribution is -2.28. The summed E-state index contributed by atoms with van der Waals surface area (Å²) in [7, 11) is 0. The van der Waals surface area contributed by atoms with Gasteiger partial charge >= 0.3 is 0 Å². The number of amides is 1. The first-order valence-corrected chi connectivity index (χ1v) is 5.64. The van der Waals surface area contributed by atoms with Gasteiger partial charge in [-0.15, -0.1) is 0 Å². The summed E-state index contributed by atoms with van der Waals surface area (Å²) in [5, 5.41) is 6.52. The van der Waals surface area contributed by atoms with Crippen LogP contribution < -0.4 is 11.1 Å². The van der Waals surface area contributed by atoms with Gasteiger partial charge in [0.25, 0.3) is 0 Å². The van der Waals surface area contributed by atoms with Gasteiger partial charge < -0.3 is 10.3 Å². The van der Waals surface area contributed by atoms with Gasteiger partial charge in [-0.3, -0.25) is 10.1 Å². The molecule has 2 rings (SSSR count). The van der Waals surface area contributed by atoms with E-state index < -0.39 is 5.91 Å². The van der Waals surface area contributed by atoms with Gasteiger partial charge in [0.1, 0.15) is 5.82 Å². The number of nitrogens with zero attached hydrogens (tertiary/aromatic N) is 2. The Balaban J connectivity index is 2.12. The number of rotatable bonds is 5. The second-order valence-corrected chi connectivity index (χ2v) is 4.04. The third-order valence-corrected chi connectivity index (χ3v) is 2.48. The molecule has 0 bridgehead atoms. The number of primary amides is 1. The monoisotopic (exact) mass is 264 g/mol. The molecule has 1 heterocycles. The van der Waals surface area contributed by atoms with Gasteiger partial charge in [0, 0.05) is 5.56 Å². The molecule has 1 aromatic carbocycles. The largest absolute Gasteiger partial charge is 0.369 e. The predicted molar refractivity (Wildman–Crippen MR) is 65.3 cm³/mol. The van der Waals surface area contributed by atoms with Gasteiger partial charge in [-0.2, -0.15) is 4.98 Å². The van der Waals surface area contributed by atoms with Gasteiger partial charge in [0.05, 0.1) is 13.1 Å². The number of hydrogen-bond donors (Lipinski definition) is 2. The van der Waals surface area contributed by atoms with E-state index in [0.717, 1.165) is 5.56 Å².